The van der Waals surface area contributed by atoms with E-state index in [1.807, 2.05) is 0 Å². The molecule has 0 aliphatic heterocycles. The Labute approximate surface area is 103 Å². The second-order valence-electron chi connectivity index (χ2n) is 3.68. The molecule has 7 heteroatoms. The average Bonchev–Trinajstić information content (AvgIpc) is 2.40. The van der Waals surface area contributed by atoms with Gasteiger partial charge < -0.3 is 14.9 Å². The van der Waals surface area contributed by atoms with Crippen LogP contribution in [0.5, 0.6) is 0 Å². The number of ether oxygens (including phenoxy) is 1. The smallest absolute Gasteiger partial charge is 0.337 e. The van der Waals surface area contributed by atoms with Gasteiger partial charge in [0.25, 0.3) is 5.54 Å². The number of rotatable bonds is 5. The zero-order valence-electron chi connectivity index (χ0n) is 9.70. The predicted molar refractivity (Wildman–Crippen MR) is 60.6 cm³/mol. The molecule has 0 spiro atoms. The van der Waals surface area contributed by atoms with Gasteiger partial charge in [0.1, 0.15) is 13.2 Å². The van der Waals surface area contributed by atoms with Crippen LogP contribution in [0.4, 0.5) is 0 Å². The summed E-state index contributed by atoms with van der Waals surface area (Å²) in [7, 11) is 1.19. The summed E-state index contributed by atoms with van der Waals surface area (Å²) >= 11 is 0. The monoisotopic (exact) mass is 255 g/mol. The number of carbonyl (C=O) groups excluding carboxylic acids is 1. The van der Waals surface area contributed by atoms with Gasteiger partial charge >= 0.3 is 5.97 Å². The molecule has 2 N–H and O–H groups in total. The number of nitro groups is 1. The molecule has 0 aromatic heterocycles. The third-order valence-corrected chi connectivity index (χ3v) is 2.69. The second kappa shape index (κ2) is 5.56. The highest BCUT2D eigenvalue weighted by atomic mass is 16.6. The molecule has 1 rings (SSSR count). The first-order valence-electron chi connectivity index (χ1n) is 5.07. The highest BCUT2D eigenvalue weighted by Gasteiger charge is 2.44. The fourth-order valence-corrected chi connectivity index (χ4v) is 1.51. The number of benzene rings is 1. The molecule has 98 valence electrons. The van der Waals surface area contributed by atoms with Gasteiger partial charge in [-0.25, -0.2) is 4.79 Å². The van der Waals surface area contributed by atoms with E-state index in [4.69, 9.17) is 10.2 Å². The zero-order chi connectivity index (χ0) is 13.8. The molecule has 0 aliphatic rings. The molecule has 7 nitrogen and oxygen atoms in total. The maximum absolute atomic E-state index is 11.3. The van der Waals surface area contributed by atoms with Crippen LogP contribution in [0.3, 0.4) is 0 Å². The summed E-state index contributed by atoms with van der Waals surface area (Å²) in [6.45, 7) is -1.75. The Balaban J connectivity index is 3.30. The molecule has 0 heterocycles. The van der Waals surface area contributed by atoms with Crippen LogP contribution in [0.25, 0.3) is 0 Å². The second-order valence-corrected chi connectivity index (χ2v) is 3.68. The van der Waals surface area contributed by atoms with Gasteiger partial charge in [0.15, 0.2) is 0 Å². The van der Waals surface area contributed by atoms with E-state index in [0.717, 1.165) is 0 Å². The Morgan fingerprint density at radius 2 is 2.06 bits per heavy atom. The molecular weight excluding hydrogens is 242 g/mol. The lowest BCUT2D eigenvalue weighted by Crippen LogP contribution is -2.42. The highest BCUT2D eigenvalue weighted by Crippen LogP contribution is 2.25. The first-order chi connectivity index (χ1) is 8.51. The van der Waals surface area contributed by atoms with Crippen molar-refractivity contribution in [3.63, 3.8) is 0 Å². The summed E-state index contributed by atoms with van der Waals surface area (Å²) in [5, 5.41) is 29.3. The van der Waals surface area contributed by atoms with Crippen LogP contribution < -0.4 is 0 Å². The van der Waals surface area contributed by atoms with Crippen molar-refractivity contribution in [2.45, 2.75) is 5.54 Å². The standard InChI is InChI=1S/C11H13NO6/c1-18-10(15)8-3-2-4-9(5-8)11(6-13,7-14)12(16)17/h2-5,13-14H,6-7H2,1H3. The fraction of sp³-hybridized carbons (Fsp3) is 0.364. The van der Waals surface area contributed by atoms with Gasteiger partial charge in [-0.05, 0) is 12.1 Å². The Morgan fingerprint density at radius 1 is 1.44 bits per heavy atom. The quantitative estimate of drug-likeness (QED) is 0.433. The van der Waals surface area contributed by atoms with Crippen LogP contribution in [-0.2, 0) is 10.3 Å². The van der Waals surface area contributed by atoms with Crippen LogP contribution in [-0.4, -0.2) is 41.4 Å². The van der Waals surface area contributed by atoms with Crippen molar-refractivity contribution in [1.82, 2.24) is 0 Å². The Bertz CT molecular complexity index is 455. The van der Waals surface area contributed by atoms with E-state index in [-0.39, 0.29) is 11.1 Å². The molecule has 1 aromatic rings. The average molecular weight is 255 g/mol. The fourth-order valence-electron chi connectivity index (χ4n) is 1.51. The summed E-state index contributed by atoms with van der Waals surface area (Å²) in [6, 6.07) is 5.43. The number of aliphatic hydroxyl groups is 2. The van der Waals surface area contributed by atoms with Crippen LogP contribution >= 0.6 is 0 Å². The van der Waals surface area contributed by atoms with E-state index < -0.39 is 29.6 Å². The largest absolute Gasteiger partial charge is 0.465 e. The summed E-state index contributed by atoms with van der Waals surface area (Å²) in [4.78, 5) is 21.6. The van der Waals surface area contributed by atoms with E-state index in [9.17, 15) is 14.9 Å². The minimum absolute atomic E-state index is 0.0420. The lowest BCUT2D eigenvalue weighted by Gasteiger charge is -2.21. The van der Waals surface area contributed by atoms with Gasteiger partial charge in [-0.1, -0.05) is 12.1 Å². The summed E-state index contributed by atoms with van der Waals surface area (Å²) < 4.78 is 4.50. The van der Waals surface area contributed by atoms with E-state index >= 15 is 0 Å². The first kappa shape index (κ1) is 14.1. The van der Waals surface area contributed by atoms with E-state index in [0.29, 0.717) is 0 Å². The molecule has 0 saturated carbocycles. The first-order valence-corrected chi connectivity index (χ1v) is 5.07. The van der Waals surface area contributed by atoms with Crippen LogP contribution in [0.15, 0.2) is 24.3 Å². The SMILES string of the molecule is COC(=O)c1cccc(C(CO)(CO)[N+](=O)[O-])c1. The molecule has 0 radical (unpaired) electrons. The molecular formula is C11H13NO6. The minimum Gasteiger partial charge on any atom is -0.465 e. The molecule has 18 heavy (non-hydrogen) atoms. The van der Waals surface area contributed by atoms with Gasteiger partial charge in [-0.2, -0.15) is 0 Å². The molecule has 0 amide bonds. The number of esters is 1. The molecule has 0 fully saturated rings. The normalized spacial score (nSPS) is 11.1. The number of carbonyl (C=O) groups is 1. The topological polar surface area (TPSA) is 110 Å². The third-order valence-electron chi connectivity index (χ3n) is 2.69. The third kappa shape index (κ3) is 2.31. The molecule has 0 aliphatic carbocycles. The van der Waals surface area contributed by atoms with Gasteiger partial charge in [0.05, 0.1) is 12.7 Å². The number of methoxy groups -OCH3 is 1. The summed E-state index contributed by atoms with van der Waals surface area (Å²) in [6.07, 6.45) is 0. The van der Waals surface area contributed by atoms with Gasteiger partial charge in [0, 0.05) is 10.5 Å². The number of hydrogen-bond donors (Lipinski definition) is 2. The Kier molecular flexibility index (Phi) is 4.35. The molecule has 1 aromatic carbocycles. The van der Waals surface area contributed by atoms with Crippen molar-refractivity contribution >= 4 is 5.97 Å². The van der Waals surface area contributed by atoms with Crippen LogP contribution in [0, 0.1) is 10.1 Å². The van der Waals surface area contributed by atoms with E-state index in [2.05, 4.69) is 4.74 Å². The van der Waals surface area contributed by atoms with Crippen LogP contribution in [0.2, 0.25) is 0 Å². The van der Waals surface area contributed by atoms with Crippen molar-refractivity contribution in [1.29, 1.82) is 0 Å². The lowest BCUT2D eigenvalue weighted by molar-refractivity contribution is -0.586. The maximum Gasteiger partial charge on any atom is 0.337 e. The van der Waals surface area contributed by atoms with Crippen molar-refractivity contribution in [2.24, 2.45) is 0 Å². The van der Waals surface area contributed by atoms with Crippen molar-refractivity contribution in [3.8, 4) is 0 Å². The van der Waals surface area contributed by atoms with Crippen molar-refractivity contribution in [3.05, 3.63) is 45.5 Å². The van der Waals surface area contributed by atoms with Gasteiger partial charge in [-0.3, -0.25) is 10.1 Å². The molecule has 0 atom stereocenters. The minimum atomic E-state index is -2.02. The molecule has 0 saturated heterocycles. The lowest BCUT2D eigenvalue weighted by atomic mass is 9.91. The van der Waals surface area contributed by atoms with Gasteiger partial charge in [0.2, 0.25) is 0 Å². The summed E-state index contributed by atoms with van der Waals surface area (Å²) in [5.41, 5.74) is -1.87. The van der Waals surface area contributed by atoms with Crippen molar-refractivity contribution < 1.29 is 24.7 Å². The van der Waals surface area contributed by atoms with E-state index in [1.54, 1.807) is 0 Å². The maximum atomic E-state index is 11.3. The van der Waals surface area contributed by atoms with Crippen LogP contribution in [0.1, 0.15) is 15.9 Å². The molecule has 0 bridgehead atoms. The zero-order valence-corrected chi connectivity index (χ0v) is 9.70. The number of aliphatic hydroxyl groups excluding tert-OH is 2. The highest BCUT2D eigenvalue weighted by molar-refractivity contribution is 5.89. The number of nitrogens with zero attached hydrogens (tertiary/aromatic N) is 1. The Morgan fingerprint density at radius 3 is 2.50 bits per heavy atom. The number of hydrogen-bond acceptors (Lipinski definition) is 6. The summed E-state index contributed by atoms with van der Waals surface area (Å²) in [5.74, 6) is -0.648. The molecule has 0 unspecified atom stereocenters. The van der Waals surface area contributed by atoms with Crippen molar-refractivity contribution in [2.75, 3.05) is 20.3 Å². The predicted octanol–water partition coefficient (Wildman–Crippen LogP) is -0.0702. The Hall–Kier alpha value is -1.99. The van der Waals surface area contributed by atoms with E-state index in [1.165, 1.54) is 31.4 Å². The van der Waals surface area contributed by atoms with Gasteiger partial charge in [-0.15, -0.1) is 0 Å².